The number of carbonyl (C=O) groups excluding carboxylic acids is 2. The third-order valence-corrected chi connectivity index (χ3v) is 5.52. The highest BCUT2D eigenvalue weighted by Gasteiger charge is 2.12. The zero-order valence-electron chi connectivity index (χ0n) is 21.3. The van der Waals surface area contributed by atoms with Crippen molar-refractivity contribution in [3.63, 3.8) is 0 Å². The molecule has 4 aromatic rings. The van der Waals surface area contributed by atoms with Crippen LogP contribution in [0.5, 0.6) is 11.5 Å². The normalized spacial score (nSPS) is 10.8. The van der Waals surface area contributed by atoms with Gasteiger partial charge in [-0.3, -0.25) is 9.59 Å². The van der Waals surface area contributed by atoms with E-state index in [-0.39, 0.29) is 12.5 Å². The molecule has 0 aliphatic rings. The Morgan fingerprint density at radius 2 is 1.68 bits per heavy atom. The van der Waals surface area contributed by atoms with Gasteiger partial charge in [0.25, 0.3) is 11.8 Å². The summed E-state index contributed by atoms with van der Waals surface area (Å²) in [5.74, 6) is 0.601. The fourth-order valence-corrected chi connectivity index (χ4v) is 3.57. The maximum Gasteiger partial charge on any atom is 0.259 e. The van der Waals surface area contributed by atoms with Gasteiger partial charge in [-0.15, -0.1) is 0 Å². The summed E-state index contributed by atoms with van der Waals surface area (Å²) in [7, 11) is 1.55. The first-order valence-electron chi connectivity index (χ1n) is 12.2. The number of aromatic nitrogens is 2. The Labute approximate surface area is 221 Å². The van der Waals surface area contributed by atoms with Crippen LogP contribution >= 0.6 is 0 Å². The van der Waals surface area contributed by atoms with Gasteiger partial charge in [0, 0.05) is 22.9 Å². The van der Waals surface area contributed by atoms with Crippen LogP contribution in [0, 0.1) is 0 Å². The molecule has 38 heavy (non-hydrogen) atoms. The quantitative estimate of drug-likeness (QED) is 0.232. The predicted molar refractivity (Wildman–Crippen MR) is 146 cm³/mol. The van der Waals surface area contributed by atoms with Crippen LogP contribution in [0.25, 0.3) is 16.9 Å². The number of amides is 2. The molecular weight excluding hydrogens is 482 g/mol. The van der Waals surface area contributed by atoms with Crippen LogP contribution in [0.15, 0.2) is 90.2 Å². The highest BCUT2D eigenvalue weighted by molar-refractivity contribution is 5.96. The van der Waals surface area contributed by atoms with E-state index < -0.39 is 5.91 Å². The van der Waals surface area contributed by atoms with Gasteiger partial charge < -0.3 is 14.8 Å². The summed E-state index contributed by atoms with van der Waals surface area (Å²) in [5.41, 5.74) is 6.05. The van der Waals surface area contributed by atoms with Crippen LogP contribution in [0.2, 0.25) is 0 Å². The van der Waals surface area contributed by atoms with Crippen LogP contribution in [-0.2, 0) is 4.79 Å². The van der Waals surface area contributed by atoms with Crippen molar-refractivity contribution >= 4 is 18.0 Å². The summed E-state index contributed by atoms with van der Waals surface area (Å²) < 4.78 is 12.5. The lowest BCUT2D eigenvalue weighted by molar-refractivity contribution is -0.120. The lowest BCUT2D eigenvalue weighted by Gasteiger charge is -2.06. The molecule has 0 saturated carbocycles. The summed E-state index contributed by atoms with van der Waals surface area (Å²) >= 11 is 0. The van der Waals surface area contributed by atoms with Gasteiger partial charge in [0.1, 0.15) is 17.2 Å². The van der Waals surface area contributed by atoms with Gasteiger partial charge in [-0.05, 0) is 67.1 Å². The number of para-hydroxylation sites is 1. The molecule has 194 valence electrons. The first-order chi connectivity index (χ1) is 18.6. The second-order valence-corrected chi connectivity index (χ2v) is 8.29. The van der Waals surface area contributed by atoms with Crippen LogP contribution in [-0.4, -0.2) is 48.1 Å². The van der Waals surface area contributed by atoms with E-state index in [1.165, 1.54) is 6.21 Å². The highest BCUT2D eigenvalue weighted by atomic mass is 16.5. The average molecular weight is 512 g/mol. The van der Waals surface area contributed by atoms with Gasteiger partial charge in [0.05, 0.1) is 32.2 Å². The minimum absolute atomic E-state index is 0.225. The summed E-state index contributed by atoms with van der Waals surface area (Å²) in [4.78, 5) is 24.6. The Morgan fingerprint density at radius 3 is 2.37 bits per heavy atom. The molecule has 0 saturated heterocycles. The number of carbonyl (C=O) groups is 2. The van der Waals surface area contributed by atoms with Gasteiger partial charge in [0.15, 0.2) is 0 Å². The zero-order valence-corrected chi connectivity index (χ0v) is 21.3. The summed E-state index contributed by atoms with van der Waals surface area (Å²) in [6, 6.07) is 24.0. The van der Waals surface area contributed by atoms with Crippen LogP contribution in [0.3, 0.4) is 0 Å². The van der Waals surface area contributed by atoms with Crippen molar-refractivity contribution in [1.29, 1.82) is 0 Å². The predicted octanol–water partition coefficient (Wildman–Crippen LogP) is 4.22. The fourth-order valence-electron chi connectivity index (χ4n) is 3.57. The second kappa shape index (κ2) is 12.9. The SMILES string of the molecule is CCCOc1ccc(-c2nn(-c3ccccc3)cc2C=NNC(=O)CNC(=O)c2ccc(OC)cc2)cc1. The number of nitrogens with zero attached hydrogens (tertiary/aromatic N) is 3. The van der Waals surface area contributed by atoms with Crippen LogP contribution < -0.4 is 20.2 Å². The molecule has 0 radical (unpaired) electrons. The molecular formula is C29H29N5O4. The van der Waals surface area contributed by atoms with Gasteiger partial charge in [-0.25, -0.2) is 10.1 Å². The molecule has 3 aromatic carbocycles. The van der Waals surface area contributed by atoms with E-state index in [0.29, 0.717) is 29.2 Å². The van der Waals surface area contributed by atoms with Crippen molar-refractivity contribution in [3.8, 4) is 28.4 Å². The molecule has 0 spiro atoms. The first kappa shape index (κ1) is 26.2. The minimum Gasteiger partial charge on any atom is -0.497 e. The van der Waals surface area contributed by atoms with E-state index in [0.717, 1.165) is 23.4 Å². The Morgan fingerprint density at radius 1 is 0.974 bits per heavy atom. The molecule has 1 heterocycles. The van der Waals surface area contributed by atoms with E-state index in [2.05, 4.69) is 22.8 Å². The molecule has 4 rings (SSSR count). The molecule has 1 aromatic heterocycles. The zero-order chi connectivity index (χ0) is 26.7. The van der Waals surface area contributed by atoms with Gasteiger partial charge >= 0.3 is 0 Å². The maximum absolute atomic E-state index is 12.3. The van der Waals surface area contributed by atoms with Crippen molar-refractivity contribution in [2.45, 2.75) is 13.3 Å². The number of hydrogen-bond acceptors (Lipinski definition) is 6. The fraction of sp³-hybridized carbons (Fsp3) is 0.172. The van der Waals surface area contributed by atoms with Gasteiger partial charge in [0.2, 0.25) is 0 Å². The molecule has 0 fully saturated rings. The lowest BCUT2D eigenvalue weighted by atomic mass is 10.1. The summed E-state index contributed by atoms with van der Waals surface area (Å²) in [6.45, 7) is 2.49. The van der Waals surface area contributed by atoms with E-state index in [1.807, 2.05) is 60.8 Å². The molecule has 2 amide bonds. The molecule has 9 nitrogen and oxygen atoms in total. The Kier molecular flexibility index (Phi) is 8.85. The lowest BCUT2D eigenvalue weighted by Crippen LogP contribution is -2.34. The molecule has 0 atom stereocenters. The monoisotopic (exact) mass is 511 g/mol. The van der Waals surface area contributed by atoms with Crippen LogP contribution in [0.1, 0.15) is 29.3 Å². The van der Waals surface area contributed by atoms with E-state index in [9.17, 15) is 9.59 Å². The summed E-state index contributed by atoms with van der Waals surface area (Å²) in [6.07, 6.45) is 4.31. The smallest absolute Gasteiger partial charge is 0.259 e. The largest absolute Gasteiger partial charge is 0.497 e. The van der Waals surface area contributed by atoms with Crippen molar-refractivity contribution in [2.75, 3.05) is 20.3 Å². The highest BCUT2D eigenvalue weighted by Crippen LogP contribution is 2.25. The first-order valence-corrected chi connectivity index (χ1v) is 12.2. The van der Waals surface area contributed by atoms with Gasteiger partial charge in [-0.2, -0.15) is 10.2 Å². The topological polar surface area (TPSA) is 107 Å². The number of nitrogens with one attached hydrogen (secondary N) is 2. The number of benzene rings is 3. The van der Waals surface area contributed by atoms with Crippen molar-refractivity contribution in [2.24, 2.45) is 5.10 Å². The molecule has 9 heteroatoms. The van der Waals surface area contributed by atoms with E-state index in [1.54, 1.807) is 36.1 Å². The number of methoxy groups -OCH3 is 1. The molecule has 0 unspecified atom stereocenters. The molecule has 0 aliphatic carbocycles. The molecule has 0 aliphatic heterocycles. The standard InChI is InChI=1S/C29H29N5O4/c1-3-17-38-26-15-9-21(10-16-26)28-23(20-34(33-28)24-7-5-4-6-8-24)18-31-32-27(35)19-30-29(36)22-11-13-25(37-2)14-12-22/h4-16,18,20H,3,17,19H2,1-2H3,(H,30,36)(H,32,35). The number of hydrogen-bond donors (Lipinski definition) is 2. The average Bonchev–Trinajstić information content (AvgIpc) is 3.39. The Hall–Kier alpha value is -4.92. The van der Waals surface area contributed by atoms with Crippen molar-refractivity contribution < 1.29 is 19.1 Å². The van der Waals surface area contributed by atoms with E-state index >= 15 is 0 Å². The summed E-state index contributed by atoms with van der Waals surface area (Å²) in [5, 5.41) is 11.4. The van der Waals surface area contributed by atoms with Crippen molar-refractivity contribution in [3.05, 3.63) is 96.2 Å². The Bertz CT molecular complexity index is 1380. The van der Waals surface area contributed by atoms with Crippen LogP contribution in [0.4, 0.5) is 0 Å². The third kappa shape index (κ3) is 6.85. The molecule has 2 N–H and O–H groups in total. The number of ether oxygens (including phenoxy) is 2. The number of rotatable bonds is 11. The second-order valence-electron chi connectivity index (χ2n) is 8.29. The minimum atomic E-state index is -0.461. The van der Waals surface area contributed by atoms with Crippen molar-refractivity contribution in [1.82, 2.24) is 20.5 Å². The maximum atomic E-state index is 12.3. The third-order valence-electron chi connectivity index (χ3n) is 5.52. The van der Waals surface area contributed by atoms with Gasteiger partial charge in [-0.1, -0.05) is 25.1 Å². The molecule has 0 bridgehead atoms. The van der Waals surface area contributed by atoms with E-state index in [4.69, 9.17) is 14.6 Å². The Balaban J connectivity index is 1.44. The number of hydrazone groups is 1.